The number of aliphatic hydroxyl groups is 1. The van der Waals surface area contributed by atoms with Crippen molar-refractivity contribution in [3.8, 4) is 0 Å². The smallest absolute Gasteiger partial charge is 0.163 e. The second kappa shape index (κ2) is 4.91. The predicted molar refractivity (Wildman–Crippen MR) is 54.8 cm³/mol. The Morgan fingerprint density at radius 2 is 2.00 bits per heavy atom. The first-order chi connectivity index (χ1) is 6.57. The van der Waals surface area contributed by atoms with Gasteiger partial charge in [-0.3, -0.25) is 0 Å². The molecule has 1 rings (SSSR count). The molecule has 0 spiro atoms. The summed E-state index contributed by atoms with van der Waals surface area (Å²) in [5.41, 5.74) is 0. The van der Waals surface area contributed by atoms with Crippen molar-refractivity contribution in [3.63, 3.8) is 0 Å². The van der Waals surface area contributed by atoms with Crippen LogP contribution in [0.2, 0.25) is 0 Å². The first-order valence-corrected chi connectivity index (χ1v) is 5.14. The van der Waals surface area contributed by atoms with E-state index < -0.39 is 0 Å². The molecule has 0 aromatic rings. The SMILES string of the molecule is C=CCOC1O[C@H](C)[C@H](C)[C@H](O)[C@H]1C. The summed E-state index contributed by atoms with van der Waals surface area (Å²) in [6.07, 6.45) is 1.06. The third kappa shape index (κ3) is 2.35. The van der Waals surface area contributed by atoms with Crippen LogP contribution in [-0.4, -0.2) is 30.2 Å². The standard InChI is InChI=1S/C11H20O3/c1-5-6-13-11-8(3)10(12)7(2)9(4)14-11/h5,7-12H,1,6H2,2-4H3/t7-,8+,9+,10-,11?/m0/s1. The molecule has 0 amide bonds. The summed E-state index contributed by atoms with van der Waals surface area (Å²) in [7, 11) is 0. The maximum atomic E-state index is 9.90. The summed E-state index contributed by atoms with van der Waals surface area (Å²) < 4.78 is 11.1. The van der Waals surface area contributed by atoms with Crippen LogP contribution in [-0.2, 0) is 9.47 Å². The highest BCUT2D eigenvalue weighted by Crippen LogP contribution is 2.30. The van der Waals surface area contributed by atoms with Crippen molar-refractivity contribution in [2.75, 3.05) is 6.61 Å². The lowest BCUT2D eigenvalue weighted by atomic mass is 9.86. The number of hydrogen-bond donors (Lipinski definition) is 1. The maximum Gasteiger partial charge on any atom is 0.163 e. The number of ether oxygens (including phenoxy) is 2. The summed E-state index contributed by atoms with van der Waals surface area (Å²) in [4.78, 5) is 0. The van der Waals surface area contributed by atoms with E-state index in [0.717, 1.165) is 0 Å². The molecule has 1 saturated heterocycles. The monoisotopic (exact) mass is 200 g/mol. The molecule has 0 aliphatic carbocycles. The minimum Gasteiger partial charge on any atom is -0.392 e. The van der Waals surface area contributed by atoms with Gasteiger partial charge in [0.2, 0.25) is 0 Å². The molecule has 5 atom stereocenters. The molecule has 14 heavy (non-hydrogen) atoms. The molecule has 1 N–H and O–H groups in total. The minimum absolute atomic E-state index is 0.0150. The molecule has 0 aromatic carbocycles. The van der Waals surface area contributed by atoms with Crippen LogP contribution < -0.4 is 0 Å². The fraction of sp³-hybridized carbons (Fsp3) is 0.818. The van der Waals surface area contributed by atoms with E-state index in [1.54, 1.807) is 6.08 Å². The fourth-order valence-electron chi connectivity index (χ4n) is 1.73. The lowest BCUT2D eigenvalue weighted by Crippen LogP contribution is -2.48. The van der Waals surface area contributed by atoms with Crippen LogP contribution in [0.5, 0.6) is 0 Å². The quantitative estimate of drug-likeness (QED) is 0.703. The van der Waals surface area contributed by atoms with Crippen molar-refractivity contribution in [3.05, 3.63) is 12.7 Å². The van der Waals surface area contributed by atoms with Gasteiger partial charge in [0.15, 0.2) is 6.29 Å². The van der Waals surface area contributed by atoms with Crippen LogP contribution in [0.3, 0.4) is 0 Å². The largest absolute Gasteiger partial charge is 0.392 e. The average molecular weight is 200 g/mol. The molecular formula is C11H20O3. The number of aliphatic hydroxyl groups excluding tert-OH is 1. The Morgan fingerprint density at radius 1 is 1.36 bits per heavy atom. The second-order valence-corrected chi connectivity index (χ2v) is 4.04. The lowest BCUT2D eigenvalue weighted by molar-refractivity contribution is -0.253. The summed E-state index contributed by atoms with van der Waals surface area (Å²) in [5, 5.41) is 9.90. The van der Waals surface area contributed by atoms with Gasteiger partial charge in [-0.1, -0.05) is 19.9 Å². The van der Waals surface area contributed by atoms with Gasteiger partial charge in [-0.2, -0.15) is 0 Å². The molecule has 0 aromatic heterocycles. The van der Waals surface area contributed by atoms with Gasteiger partial charge in [0.1, 0.15) is 0 Å². The van der Waals surface area contributed by atoms with E-state index in [4.69, 9.17) is 9.47 Å². The molecule has 3 heteroatoms. The Morgan fingerprint density at radius 3 is 2.57 bits per heavy atom. The first kappa shape index (κ1) is 11.7. The Hall–Kier alpha value is -0.380. The van der Waals surface area contributed by atoms with Gasteiger partial charge in [0.25, 0.3) is 0 Å². The highest BCUT2D eigenvalue weighted by Gasteiger charge is 2.38. The topological polar surface area (TPSA) is 38.7 Å². The molecule has 1 aliphatic rings. The van der Waals surface area contributed by atoms with Crippen molar-refractivity contribution in [1.29, 1.82) is 0 Å². The van der Waals surface area contributed by atoms with E-state index in [2.05, 4.69) is 6.58 Å². The Balaban J connectivity index is 2.55. The molecular weight excluding hydrogens is 180 g/mol. The van der Waals surface area contributed by atoms with Gasteiger partial charge in [-0.05, 0) is 6.92 Å². The van der Waals surface area contributed by atoms with E-state index in [9.17, 15) is 5.11 Å². The zero-order chi connectivity index (χ0) is 10.7. The van der Waals surface area contributed by atoms with Gasteiger partial charge in [-0.15, -0.1) is 6.58 Å². The van der Waals surface area contributed by atoms with Crippen molar-refractivity contribution >= 4 is 0 Å². The molecule has 3 nitrogen and oxygen atoms in total. The van der Waals surface area contributed by atoms with Crippen LogP contribution in [0.1, 0.15) is 20.8 Å². The summed E-state index contributed by atoms with van der Waals surface area (Å²) in [6.45, 7) is 9.94. The Kier molecular flexibility index (Phi) is 4.11. The van der Waals surface area contributed by atoms with Gasteiger partial charge < -0.3 is 14.6 Å². The van der Waals surface area contributed by atoms with Crippen LogP contribution in [0, 0.1) is 11.8 Å². The van der Waals surface area contributed by atoms with Crippen molar-refractivity contribution < 1.29 is 14.6 Å². The second-order valence-electron chi connectivity index (χ2n) is 4.04. The van der Waals surface area contributed by atoms with Crippen LogP contribution in [0.4, 0.5) is 0 Å². The van der Waals surface area contributed by atoms with Crippen LogP contribution in [0.25, 0.3) is 0 Å². The molecule has 0 radical (unpaired) electrons. The fourth-order valence-corrected chi connectivity index (χ4v) is 1.73. The van der Waals surface area contributed by atoms with Crippen molar-refractivity contribution in [2.45, 2.75) is 39.3 Å². The van der Waals surface area contributed by atoms with Crippen LogP contribution in [0.15, 0.2) is 12.7 Å². The minimum atomic E-state index is -0.353. The third-order valence-corrected chi connectivity index (χ3v) is 2.97. The maximum absolute atomic E-state index is 9.90. The highest BCUT2D eigenvalue weighted by atomic mass is 16.7. The zero-order valence-corrected chi connectivity index (χ0v) is 9.14. The molecule has 1 unspecified atom stereocenters. The molecule has 82 valence electrons. The average Bonchev–Trinajstić information content (AvgIpc) is 2.18. The van der Waals surface area contributed by atoms with Crippen molar-refractivity contribution in [1.82, 2.24) is 0 Å². The molecule has 1 aliphatic heterocycles. The zero-order valence-electron chi connectivity index (χ0n) is 9.14. The molecule has 1 fully saturated rings. The normalized spacial score (nSPS) is 43.6. The highest BCUT2D eigenvalue weighted by molar-refractivity contribution is 4.83. The Bertz CT molecular complexity index is 193. The van der Waals surface area contributed by atoms with E-state index in [1.165, 1.54) is 0 Å². The number of rotatable bonds is 3. The predicted octanol–water partition coefficient (Wildman–Crippen LogP) is 1.57. The molecule has 0 saturated carbocycles. The van der Waals surface area contributed by atoms with Gasteiger partial charge in [0.05, 0.1) is 18.8 Å². The summed E-state index contributed by atoms with van der Waals surface area (Å²) in [6, 6.07) is 0. The van der Waals surface area contributed by atoms with Crippen molar-refractivity contribution in [2.24, 2.45) is 11.8 Å². The Labute approximate surface area is 85.7 Å². The number of hydrogen-bond acceptors (Lipinski definition) is 3. The van der Waals surface area contributed by atoms with Gasteiger partial charge in [0, 0.05) is 11.8 Å². The van der Waals surface area contributed by atoms with Crippen LogP contribution >= 0.6 is 0 Å². The molecule has 0 bridgehead atoms. The van der Waals surface area contributed by atoms with E-state index >= 15 is 0 Å². The molecule has 1 heterocycles. The van der Waals surface area contributed by atoms with E-state index in [-0.39, 0.29) is 30.3 Å². The van der Waals surface area contributed by atoms with Gasteiger partial charge >= 0.3 is 0 Å². The van der Waals surface area contributed by atoms with E-state index in [1.807, 2.05) is 20.8 Å². The first-order valence-electron chi connectivity index (χ1n) is 5.14. The third-order valence-electron chi connectivity index (χ3n) is 2.97. The van der Waals surface area contributed by atoms with Gasteiger partial charge in [-0.25, -0.2) is 0 Å². The van der Waals surface area contributed by atoms with E-state index in [0.29, 0.717) is 6.61 Å². The summed E-state index contributed by atoms with van der Waals surface area (Å²) in [5.74, 6) is 0.176. The lowest BCUT2D eigenvalue weighted by Gasteiger charge is -2.40. The summed E-state index contributed by atoms with van der Waals surface area (Å²) >= 11 is 0.